The van der Waals surface area contributed by atoms with Gasteiger partial charge in [0.05, 0.1) is 32.0 Å². The molecule has 0 fully saturated rings. The summed E-state index contributed by atoms with van der Waals surface area (Å²) in [6.07, 6.45) is 0. The van der Waals surface area contributed by atoms with Gasteiger partial charge in [-0.25, -0.2) is 0 Å². The van der Waals surface area contributed by atoms with Crippen LogP contribution in [-0.2, 0) is 0 Å². The van der Waals surface area contributed by atoms with E-state index < -0.39 is 4.92 Å². The molecule has 11 heteroatoms. The Balaban J connectivity index is 1.81. The monoisotopic (exact) mass is 427 g/mol. The molecule has 0 spiro atoms. The number of nitrogens with zero attached hydrogens (tertiary/aromatic N) is 5. The van der Waals surface area contributed by atoms with Crippen LogP contribution in [0.25, 0.3) is 11.4 Å². The number of non-ortho nitro benzene ring substituents is 1. The molecule has 0 radical (unpaired) electrons. The zero-order valence-corrected chi connectivity index (χ0v) is 17.2. The molecular weight excluding hydrogens is 410 g/mol. The average Bonchev–Trinajstić information content (AvgIpc) is 3.21. The minimum atomic E-state index is -0.425. The average molecular weight is 427 g/mol. The van der Waals surface area contributed by atoms with E-state index >= 15 is 0 Å². The van der Waals surface area contributed by atoms with Crippen LogP contribution in [0, 0.1) is 10.1 Å². The lowest BCUT2D eigenvalue weighted by atomic mass is 10.1. The SMILES string of the molecule is COc1cc(-c2nnc3n2N=C(c2cccc([N+](=O)[O-])c2)CS3)cc(OC)c1OC. The van der Waals surface area contributed by atoms with Gasteiger partial charge in [0.15, 0.2) is 17.3 Å². The quantitative estimate of drug-likeness (QED) is 0.435. The lowest BCUT2D eigenvalue weighted by molar-refractivity contribution is -0.384. The second-order valence-electron chi connectivity index (χ2n) is 6.17. The summed E-state index contributed by atoms with van der Waals surface area (Å²) in [6.45, 7) is 0. The van der Waals surface area contributed by atoms with Gasteiger partial charge in [-0.15, -0.1) is 10.2 Å². The predicted octanol–water partition coefficient (Wildman–Crippen LogP) is 3.24. The summed E-state index contributed by atoms with van der Waals surface area (Å²) in [5.41, 5.74) is 2.05. The molecule has 0 aliphatic carbocycles. The first-order valence-electron chi connectivity index (χ1n) is 8.77. The maximum Gasteiger partial charge on any atom is 0.270 e. The van der Waals surface area contributed by atoms with Crippen LogP contribution in [-0.4, -0.2) is 52.6 Å². The van der Waals surface area contributed by atoms with Crippen LogP contribution in [0.1, 0.15) is 5.56 Å². The van der Waals surface area contributed by atoms with Gasteiger partial charge >= 0.3 is 0 Å². The minimum Gasteiger partial charge on any atom is -0.493 e. The Morgan fingerprint density at radius 1 is 1.03 bits per heavy atom. The molecule has 30 heavy (non-hydrogen) atoms. The van der Waals surface area contributed by atoms with Crippen molar-refractivity contribution < 1.29 is 19.1 Å². The smallest absolute Gasteiger partial charge is 0.270 e. The highest BCUT2D eigenvalue weighted by atomic mass is 32.2. The number of benzene rings is 2. The third-order valence-electron chi connectivity index (χ3n) is 4.48. The fraction of sp³-hybridized carbons (Fsp3) is 0.211. The molecule has 154 valence electrons. The lowest BCUT2D eigenvalue weighted by Gasteiger charge is -2.16. The van der Waals surface area contributed by atoms with Gasteiger partial charge in [0.2, 0.25) is 10.9 Å². The van der Waals surface area contributed by atoms with Gasteiger partial charge in [-0.05, 0) is 12.1 Å². The maximum absolute atomic E-state index is 11.1. The highest BCUT2D eigenvalue weighted by Crippen LogP contribution is 2.41. The summed E-state index contributed by atoms with van der Waals surface area (Å²) in [5, 5.41) is 24.9. The first kappa shape index (κ1) is 19.7. The molecule has 1 aromatic heterocycles. The molecule has 2 heterocycles. The van der Waals surface area contributed by atoms with Crippen LogP contribution >= 0.6 is 11.8 Å². The van der Waals surface area contributed by atoms with Crippen LogP contribution in [0.4, 0.5) is 5.69 Å². The molecular formula is C19H17N5O5S. The molecule has 0 saturated carbocycles. The third kappa shape index (κ3) is 3.43. The van der Waals surface area contributed by atoms with Crippen molar-refractivity contribution in [1.82, 2.24) is 14.9 Å². The van der Waals surface area contributed by atoms with E-state index in [-0.39, 0.29) is 5.69 Å². The number of aromatic nitrogens is 3. The summed E-state index contributed by atoms with van der Waals surface area (Å²) in [7, 11) is 4.61. The van der Waals surface area contributed by atoms with E-state index in [0.29, 0.717) is 50.8 Å². The topological polar surface area (TPSA) is 114 Å². The molecule has 1 aliphatic heterocycles. The molecule has 0 N–H and O–H groups in total. The number of methoxy groups -OCH3 is 3. The normalized spacial score (nSPS) is 12.7. The minimum absolute atomic E-state index is 0.0135. The number of ether oxygens (including phenoxy) is 3. The summed E-state index contributed by atoms with van der Waals surface area (Å²) in [6, 6.07) is 9.92. The molecule has 0 amide bonds. The van der Waals surface area contributed by atoms with Crippen LogP contribution in [0.2, 0.25) is 0 Å². The number of nitro benzene ring substituents is 1. The molecule has 1 aliphatic rings. The summed E-state index contributed by atoms with van der Waals surface area (Å²) < 4.78 is 17.8. The van der Waals surface area contributed by atoms with Crippen molar-refractivity contribution in [2.75, 3.05) is 27.1 Å². The Bertz CT molecular complexity index is 1130. The van der Waals surface area contributed by atoms with Crippen molar-refractivity contribution >= 4 is 23.2 Å². The fourth-order valence-electron chi connectivity index (χ4n) is 3.06. The molecule has 0 bridgehead atoms. The van der Waals surface area contributed by atoms with E-state index in [0.717, 1.165) is 0 Å². The van der Waals surface area contributed by atoms with Crippen molar-refractivity contribution in [2.24, 2.45) is 5.10 Å². The van der Waals surface area contributed by atoms with E-state index in [1.165, 1.54) is 45.2 Å². The zero-order chi connectivity index (χ0) is 21.3. The van der Waals surface area contributed by atoms with Crippen LogP contribution < -0.4 is 14.2 Å². The maximum atomic E-state index is 11.1. The Morgan fingerprint density at radius 3 is 2.40 bits per heavy atom. The lowest BCUT2D eigenvalue weighted by Crippen LogP contribution is -2.14. The van der Waals surface area contributed by atoms with Crippen LogP contribution in [0.5, 0.6) is 17.2 Å². The molecule has 0 unspecified atom stereocenters. The molecule has 0 saturated heterocycles. The largest absolute Gasteiger partial charge is 0.493 e. The summed E-state index contributed by atoms with van der Waals surface area (Å²) in [4.78, 5) is 10.7. The molecule has 0 atom stereocenters. The highest BCUT2D eigenvalue weighted by molar-refractivity contribution is 7.99. The Kier molecular flexibility index (Phi) is 5.27. The third-order valence-corrected chi connectivity index (χ3v) is 5.41. The number of rotatable bonds is 6. The van der Waals surface area contributed by atoms with Crippen LogP contribution in [0.3, 0.4) is 0 Å². The number of nitro groups is 1. The second kappa shape index (κ2) is 8.03. The Hall–Kier alpha value is -3.60. The summed E-state index contributed by atoms with van der Waals surface area (Å²) >= 11 is 1.45. The van der Waals surface area contributed by atoms with E-state index in [9.17, 15) is 10.1 Å². The van der Waals surface area contributed by atoms with E-state index in [1.807, 2.05) is 0 Å². The van der Waals surface area contributed by atoms with Gasteiger partial charge in [0.25, 0.3) is 5.69 Å². The zero-order valence-electron chi connectivity index (χ0n) is 16.4. The van der Waals surface area contributed by atoms with E-state index in [4.69, 9.17) is 14.2 Å². The van der Waals surface area contributed by atoms with Crippen molar-refractivity contribution in [3.63, 3.8) is 0 Å². The molecule has 10 nitrogen and oxygen atoms in total. The molecule has 3 aromatic rings. The van der Waals surface area contributed by atoms with Gasteiger partial charge < -0.3 is 14.2 Å². The first-order chi connectivity index (χ1) is 14.5. The van der Waals surface area contributed by atoms with Crippen molar-refractivity contribution in [2.45, 2.75) is 5.16 Å². The standard InChI is InChI=1S/C19H17N5O5S/c1-27-15-8-12(9-16(28-2)17(15)29-3)18-20-21-19-23(18)22-14(10-30-19)11-5-4-6-13(7-11)24(25)26/h4-9H,10H2,1-3H3. The fourth-order valence-corrected chi connectivity index (χ4v) is 3.90. The summed E-state index contributed by atoms with van der Waals surface area (Å²) in [5.74, 6) is 2.44. The van der Waals surface area contributed by atoms with Gasteiger partial charge in [0.1, 0.15) is 0 Å². The second-order valence-corrected chi connectivity index (χ2v) is 7.12. The van der Waals surface area contributed by atoms with Crippen molar-refractivity contribution in [3.8, 4) is 28.6 Å². The first-order valence-corrected chi connectivity index (χ1v) is 9.75. The Labute approximate surface area is 175 Å². The Morgan fingerprint density at radius 2 is 1.77 bits per heavy atom. The van der Waals surface area contributed by atoms with Gasteiger partial charge in [-0.3, -0.25) is 10.1 Å². The number of hydrogen-bond acceptors (Lipinski definition) is 9. The molecule has 2 aromatic carbocycles. The van der Waals surface area contributed by atoms with Crippen molar-refractivity contribution in [3.05, 3.63) is 52.1 Å². The van der Waals surface area contributed by atoms with Crippen LogP contribution in [0.15, 0.2) is 46.7 Å². The van der Waals surface area contributed by atoms with Crippen molar-refractivity contribution in [1.29, 1.82) is 0 Å². The van der Waals surface area contributed by atoms with Gasteiger partial charge in [-0.2, -0.15) is 9.78 Å². The van der Waals surface area contributed by atoms with Gasteiger partial charge in [-0.1, -0.05) is 23.9 Å². The van der Waals surface area contributed by atoms with Gasteiger partial charge in [0, 0.05) is 29.0 Å². The number of thioether (sulfide) groups is 1. The van der Waals surface area contributed by atoms with E-state index in [1.54, 1.807) is 28.9 Å². The number of fused-ring (bicyclic) bond motifs is 1. The van der Waals surface area contributed by atoms with E-state index in [2.05, 4.69) is 15.3 Å². The predicted molar refractivity (Wildman–Crippen MR) is 111 cm³/mol. The number of hydrogen-bond donors (Lipinski definition) is 0. The highest BCUT2D eigenvalue weighted by Gasteiger charge is 2.24. The molecule has 4 rings (SSSR count).